The van der Waals surface area contributed by atoms with Crippen molar-refractivity contribution in [2.75, 3.05) is 13.1 Å². The summed E-state index contributed by atoms with van der Waals surface area (Å²) in [4.78, 5) is 0. The Balaban J connectivity index is 1.74. The highest BCUT2D eigenvalue weighted by Gasteiger charge is 2.61. The molecular weight excluding hydrogens is 196 g/mol. The summed E-state index contributed by atoms with van der Waals surface area (Å²) >= 11 is 0. The van der Waals surface area contributed by atoms with Crippen LogP contribution in [0.25, 0.3) is 0 Å². The van der Waals surface area contributed by atoms with Gasteiger partial charge in [-0.2, -0.15) is 0 Å². The third kappa shape index (κ3) is 1.32. The Hall–Kier alpha value is -0.0800. The summed E-state index contributed by atoms with van der Waals surface area (Å²) in [7, 11) is 0. The van der Waals surface area contributed by atoms with Gasteiger partial charge in [0.1, 0.15) is 0 Å². The lowest BCUT2D eigenvalue weighted by Gasteiger charge is -2.40. The van der Waals surface area contributed by atoms with Gasteiger partial charge in [-0.3, -0.25) is 0 Å². The van der Waals surface area contributed by atoms with Crippen LogP contribution in [0.2, 0.25) is 0 Å². The van der Waals surface area contributed by atoms with Crippen molar-refractivity contribution in [1.82, 2.24) is 10.6 Å². The number of hydrogen-bond donors (Lipinski definition) is 2. The number of fused-ring (bicyclic) bond motifs is 2. The van der Waals surface area contributed by atoms with Gasteiger partial charge in [0.2, 0.25) is 0 Å². The molecule has 3 fully saturated rings. The Labute approximate surface area is 99.6 Å². The molecule has 0 spiro atoms. The molecule has 4 unspecified atom stereocenters. The van der Waals surface area contributed by atoms with Crippen LogP contribution in [0, 0.1) is 16.7 Å². The van der Waals surface area contributed by atoms with Crippen LogP contribution in [0.15, 0.2) is 0 Å². The molecule has 1 saturated heterocycles. The van der Waals surface area contributed by atoms with Gasteiger partial charge in [-0.1, -0.05) is 20.8 Å². The van der Waals surface area contributed by atoms with Gasteiger partial charge in [0.05, 0.1) is 0 Å². The van der Waals surface area contributed by atoms with E-state index in [0.717, 1.165) is 18.0 Å². The summed E-state index contributed by atoms with van der Waals surface area (Å²) in [5, 5.41) is 7.40. The number of rotatable bonds is 2. The van der Waals surface area contributed by atoms with Crippen molar-refractivity contribution >= 4 is 0 Å². The first kappa shape index (κ1) is 11.0. The highest BCUT2D eigenvalue weighted by atomic mass is 15.1. The summed E-state index contributed by atoms with van der Waals surface area (Å²) in [6, 6.07) is 1.50. The molecule has 16 heavy (non-hydrogen) atoms. The molecule has 1 heterocycles. The lowest BCUT2D eigenvalue weighted by atomic mass is 9.69. The molecule has 0 radical (unpaired) electrons. The minimum Gasteiger partial charge on any atom is -0.315 e. The highest BCUT2D eigenvalue weighted by Crippen LogP contribution is 2.65. The van der Waals surface area contributed by atoms with Crippen molar-refractivity contribution in [3.63, 3.8) is 0 Å². The van der Waals surface area contributed by atoms with Gasteiger partial charge >= 0.3 is 0 Å². The third-order valence-electron chi connectivity index (χ3n) is 6.29. The zero-order valence-corrected chi connectivity index (χ0v) is 11.0. The van der Waals surface area contributed by atoms with E-state index in [4.69, 9.17) is 0 Å². The molecule has 0 aromatic rings. The van der Waals surface area contributed by atoms with E-state index in [-0.39, 0.29) is 0 Å². The molecule has 2 bridgehead atoms. The second-order valence-corrected chi connectivity index (χ2v) is 7.02. The highest BCUT2D eigenvalue weighted by molar-refractivity contribution is 5.13. The zero-order valence-electron chi connectivity index (χ0n) is 11.0. The Kier molecular flexibility index (Phi) is 2.38. The van der Waals surface area contributed by atoms with Crippen LogP contribution in [0.4, 0.5) is 0 Å². The third-order valence-corrected chi connectivity index (χ3v) is 6.29. The quantitative estimate of drug-likeness (QED) is 0.748. The fourth-order valence-corrected chi connectivity index (χ4v) is 4.54. The van der Waals surface area contributed by atoms with Crippen LogP contribution in [0.5, 0.6) is 0 Å². The van der Waals surface area contributed by atoms with E-state index >= 15 is 0 Å². The van der Waals surface area contributed by atoms with Gasteiger partial charge in [-0.25, -0.2) is 0 Å². The van der Waals surface area contributed by atoms with E-state index in [1.54, 1.807) is 0 Å². The van der Waals surface area contributed by atoms with Crippen molar-refractivity contribution in [3.8, 4) is 0 Å². The van der Waals surface area contributed by atoms with E-state index < -0.39 is 0 Å². The molecule has 2 saturated carbocycles. The van der Waals surface area contributed by atoms with Gasteiger partial charge in [0, 0.05) is 18.6 Å². The minimum atomic E-state index is 0.542. The van der Waals surface area contributed by atoms with Crippen LogP contribution in [-0.2, 0) is 0 Å². The van der Waals surface area contributed by atoms with Gasteiger partial charge in [0.15, 0.2) is 0 Å². The average molecular weight is 222 g/mol. The molecule has 92 valence electrons. The number of hydrogen-bond acceptors (Lipinski definition) is 2. The summed E-state index contributed by atoms with van der Waals surface area (Å²) in [6.45, 7) is 9.91. The molecule has 0 aromatic carbocycles. The Bertz CT molecular complexity index is 280. The first-order chi connectivity index (χ1) is 7.54. The fourth-order valence-electron chi connectivity index (χ4n) is 4.54. The fraction of sp³-hybridized carbons (Fsp3) is 1.00. The first-order valence-electron chi connectivity index (χ1n) is 7.01. The number of nitrogens with one attached hydrogen (secondary N) is 2. The maximum absolute atomic E-state index is 3.94. The monoisotopic (exact) mass is 222 g/mol. The summed E-state index contributed by atoms with van der Waals surface area (Å²) in [5.41, 5.74) is 1.09. The Morgan fingerprint density at radius 2 is 2.00 bits per heavy atom. The van der Waals surface area contributed by atoms with Crippen molar-refractivity contribution in [2.45, 2.75) is 58.5 Å². The van der Waals surface area contributed by atoms with Gasteiger partial charge in [-0.05, 0) is 49.0 Å². The van der Waals surface area contributed by atoms with Crippen LogP contribution in [-0.4, -0.2) is 25.2 Å². The smallest absolute Gasteiger partial charge is 0.0207 e. The molecule has 2 heteroatoms. The Morgan fingerprint density at radius 3 is 2.50 bits per heavy atom. The molecule has 1 aliphatic heterocycles. The second kappa shape index (κ2) is 3.46. The van der Waals surface area contributed by atoms with Crippen molar-refractivity contribution in [3.05, 3.63) is 0 Å². The first-order valence-corrected chi connectivity index (χ1v) is 7.01. The van der Waals surface area contributed by atoms with Gasteiger partial charge < -0.3 is 10.6 Å². The van der Waals surface area contributed by atoms with Gasteiger partial charge in [0.25, 0.3) is 0 Å². The normalized spacial score (nSPS) is 50.1. The van der Waals surface area contributed by atoms with E-state index in [1.165, 1.54) is 38.8 Å². The maximum Gasteiger partial charge on any atom is 0.0207 e. The van der Waals surface area contributed by atoms with E-state index in [2.05, 4.69) is 31.4 Å². The van der Waals surface area contributed by atoms with Crippen molar-refractivity contribution in [1.29, 1.82) is 0 Å². The molecular formula is C14H26N2. The molecule has 2 N–H and O–H groups in total. The van der Waals surface area contributed by atoms with E-state index in [0.29, 0.717) is 10.8 Å². The largest absolute Gasteiger partial charge is 0.315 e. The maximum atomic E-state index is 3.94. The average Bonchev–Trinajstić information content (AvgIpc) is 2.84. The van der Waals surface area contributed by atoms with E-state index in [9.17, 15) is 0 Å². The molecule has 4 atom stereocenters. The predicted molar refractivity (Wildman–Crippen MR) is 67.4 cm³/mol. The van der Waals surface area contributed by atoms with Crippen LogP contribution < -0.4 is 10.6 Å². The Morgan fingerprint density at radius 1 is 1.19 bits per heavy atom. The second-order valence-electron chi connectivity index (χ2n) is 7.02. The van der Waals surface area contributed by atoms with Gasteiger partial charge in [-0.15, -0.1) is 0 Å². The molecule has 3 aliphatic rings. The topological polar surface area (TPSA) is 24.1 Å². The van der Waals surface area contributed by atoms with Crippen LogP contribution in [0.1, 0.15) is 46.5 Å². The van der Waals surface area contributed by atoms with E-state index in [1.807, 2.05) is 0 Å². The minimum absolute atomic E-state index is 0.542. The lowest BCUT2D eigenvalue weighted by Crippen LogP contribution is -2.49. The standard InChI is InChI=1S/C14H26N2/c1-13(2)10-4-6-14(13,3)12(8-10)16-11-5-7-15-9-11/h10-12,15-16H,4-9H2,1-3H3. The molecule has 0 amide bonds. The van der Waals surface area contributed by atoms with Crippen molar-refractivity contribution in [2.24, 2.45) is 16.7 Å². The van der Waals surface area contributed by atoms with Crippen LogP contribution >= 0.6 is 0 Å². The summed E-state index contributed by atoms with van der Waals surface area (Å²) in [5.74, 6) is 0.962. The summed E-state index contributed by atoms with van der Waals surface area (Å²) < 4.78 is 0. The lowest BCUT2D eigenvalue weighted by molar-refractivity contribution is 0.116. The predicted octanol–water partition coefficient (Wildman–Crippen LogP) is 2.15. The zero-order chi connectivity index (χ0) is 11.4. The molecule has 2 aliphatic carbocycles. The molecule has 3 rings (SSSR count). The molecule has 2 nitrogen and oxygen atoms in total. The van der Waals surface area contributed by atoms with Crippen LogP contribution in [0.3, 0.4) is 0 Å². The summed E-state index contributed by atoms with van der Waals surface area (Å²) in [6.07, 6.45) is 5.63. The SMILES string of the molecule is CC1(C)C2CCC1(C)C(NC1CCNC1)C2. The molecule has 0 aromatic heterocycles. The van der Waals surface area contributed by atoms with Crippen molar-refractivity contribution < 1.29 is 0 Å².